The molecular formula is C14H21BrF2N2. The van der Waals surface area contributed by atoms with Gasteiger partial charge in [0.25, 0.3) is 0 Å². The van der Waals surface area contributed by atoms with E-state index in [9.17, 15) is 8.78 Å². The van der Waals surface area contributed by atoms with Crippen molar-refractivity contribution >= 4 is 15.9 Å². The molecule has 0 bridgehead atoms. The Bertz CT molecular complexity index is 399. The summed E-state index contributed by atoms with van der Waals surface area (Å²) in [6, 6.07) is 2.54. The van der Waals surface area contributed by atoms with Gasteiger partial charge in [0.2, 0.25) is 0 Å². The van der Waals surface area contributed by atoms with Crippen molar-refractivity contribution < 1.29 is 8.78 Å². The number of benzene rings is 1. The fourth-order valence-electron chi connectivity index (χ4n) is 2.09. The van der Waals surface area contributed by atoms with E-state index in [1.807, 2.05) is 0 Å². The molecule has 0 aromatic heterocycles. The van der Waals surface area contributed by atoms with E-state index in [4.69, 9.17) is 5.84 Å². The van der Waals surface area contributed by atoms with Gasteiger partial charge in [0, 0.05) is 6.04 Å². The molecule has 1 rings (SSSR count). The minimum absolute atomic E-state index is 0.156. The van der Waals surface area contributed by atoms with Crippen LogP contribution in [0, 0.1) is 11.6 Å². The molecule has 19 heavy (non-hydrogen) atoms. The number of unbranched alkanes of at least 4 members (excludes halogenated alkanes) is 4. The number of rotatable bonds is 8. The molecule has 0 spiro atoms. The van der Waals surface area contributed by atoms with Crippen LogP contribution in [0.1, 0.15) is 57.1 Å². The zero-order valence-corrected chi connectivity index (χ0v) is 12.8. The average molecular weight is 335 g/mol. The maximum absolute atomic E-state index is 13.5. The number of hydrazine groups is 1. The maximum atomic E-state index is 13.5. The fraction of sp³-hybridized carbons (Fsp3) is 0.571. The van der Waals surface area contributed by atoms with E-state index in [2.05, 4.69) is 28.3 Å². The number of hydrogen-bond acceptors (Lipinski definition) is 2. The third-order valence-electron chi connectivity index (χ3n) is 3.24. The van der Waals surface area contributed by atoms with E-state index in [0.29, 0.717) is 5.56 Å². The van der Waals surface area contributed by atoms with Gasteiger partial charge in [0.05, 0.1) is 4.47 Å². The van der Waals surface area contributed by atoms with Gasteiger partial charge >= 0.3 is 0 Å². The molecule has 3 N–H and O–H groups in total. The first-order valence-corrected chi connectivity index (χ1v) is 7.50. The van der Waals surface area contributed by atoms with Crippen LogP contribution in [-0.2, 0) is 0 Å². The van der Waals surface area contributed by atoms with E-state index < -0.39 is 11.6 Å². The van der Waals surface area contributed by atoms with Crippen LogP contribution in [0.3, 0.4) is 0 Å². The second-order valence-corrected chi connectivity index (χ2v) is 5.48. The van der Waals surface area contributed by atoms with E-state index in [1.165, 1.54) is 19.3 Å². The van der Waals surface area contributed by atoms with Gasteiger partial charge in [-0.05, 0) is 34.0 Å². The van der Waals surface area contributed by atoms with Crippen LogP contribution in [0.5, 0.6) is 0 Å². The number of halogens is 3. The van der Waals surface area contributed by atoms with E-state index in [-0.39, 0.29) is 10.5 Å². The first-order chi connectivity index (χ1) is 9.11. The summed E-state index contributed by atoms with van der Waals surface area (Å²) in [5, 5.41) is 0. The van der Waals surface area contributed by atoms with Gasteiger partial charge in [-0.1, -0.05) is 45.1 Å². The smallest absolute Gasteiger partial charge is 0.173 e. The largest absolute Gasteiger partial charge is 0.271 e. The summed E-state index contributed by atoms with van der Waals surface area (Å²) in [7, 11) is 0. The Hall–Kier alpha value is -0.520. The van der Waals surface area contributed by atoms with E-state index in [1.54, 1.807) is 6.07 Å². The molecular weight excluding hydrogens is 314 g/mol. The maximum Gasteiger partial charge on any atom is 0.173 e. The molecule has 0 aliphatic rings. The van der Waals surface area contributed by atoms with Crippen LogP contribution in [0.15, 0.2) is 16.6 Å². The molecule has 1 aromatic rings. The van der Waals surface area contributed by atoms with Crippen molar-refractivity contribution in [3.05, 3.63) is 33.8 Å². The molecule has 0 aliphatic heterocycles. The molecule has 0 saturated carbocycles. The molecule has 0 fully saturated rings. The molecule has 0 heterocycles. The summed E-state index contributed by atoms with van der Waals surface area (Å²) in [6.45, 7) is 2.17. The van der Waals surface area contributed by atoms with Crippen molar-refractivity contribution in [2.75, 3.05) is 0 Å². The molecule has 0 aliphatic carbocycles. The highest BCUT2D eigenvalue weighted by atomic mass is 79.9. The van der Waals surface area contributed by atoms with Gasteiger partial charge in [-0.2, -0.15) is 0 Å². The predicted octanol–water partition coefficient (Wildman–Crippen LogP) is 4.59. The zero-order chi connectivity index (χ0) is 14.3. The van der Waals surface area contributed by atoms with Crippen molar-refractivity contribution in [1.29, 1.82) is 0 Å². The third kappa shape index (κ3) is 4.82. The number of nitrogens with one attached hydrogen (secondary N) is 1. The molecule has 0 saturated heterocycles. The Kier molecular flexibility index (Phi) is 7.49. The van der Waals surface area contributed by atoms with Gasteiger partial charge in [-0.15, -0.1) is 0 Å². The highest BCUT2D eigenvalue weighted by Crippen LogP contribution is 2.30. The van der Waals surface area contributed by atoms with Crippen molar-refractivity contribution in [3.63, 3.8) is 0 Å². The van der Waals surface area contributed by atoms with Crippen molar-refractivity contribution in [2.24, 2.45) is 5.84 Å². The Morgan fingerprint density at radius 3 is 2.53 bits per heavy atom. The van der Waals surface area contributed by atoms with E-state index in [0.717, 1.165) is 25.3 Å². The molecule has 108 valence electrons. The van der Waals surface area contributed by atoms with Crippen LogP contribution in [0.25, 0.3) is 0 Å². The quantitative estimate of drug-likeness (QED) is 0.316. The van der Waals surface area contributed by atoms with Crippen LogP contribution < -0.4 is 11.3 Å². The summed E-state index contributed by atoms with van der Waals surface area (Å²) in [6.07, 6.45) is 6.59. The zero-order valence-electron chi connectivity index (χ0n) is 11.2. The SMILES string of the molecule is CCCCCCCC(NN)c1ccc(F)c(F)c1Br. The normalized spacial score (nSPS) is 12.7. The lowest BCUT2D eigenvalue weighted by molar-refractivity contribution is 0.464. The van der Waals surface area contributed by atoms with Gasteiger partial charge in [0.1, 0.15) is 0 Å². The first kappa shape index (κ1) is 16.5. The molecule has 2 nitrogen and oxygen atoms in total. The van der Waals surface area contributed by atoms with Crippen LogP contribution in [0.2, 0.25) is 0 Å². The standard InChI is InChI=1S/C14H21BrF2N2/c1-2-3-4-5-6-7-12(19-18)10-8-9-11(16)14(17)13(10)15/h8-9,12,19H,2-7,18H2,1H3. The van der Waals surface area contributed by atoms with Crippen LogP contribution >= 0.6 is 15.9 Å². The number of hydrogen-bond donors (Lipinski definition) is 2. The lowest BCUT2D eigenvalue weighted by Gasteiger charge is -2.18. The molecule has 5 heteroatoms. The Morgan fingerprint density at radius 2 is 1.89 bits per heavy atom. The lowest BCUT2D eigenvalue weighted by atomic mass is 10.00. The molecule has 1 aromatic carbocycles. The van der Waals surface area contributed by atoms with Crippen LogP contribution in [0.4, 0.5) is 8.78 Å². The average Bonchev–Trinajstić information content (AvgIpc) is 2.41. The Balaban J connectivity index is 2.62. The molecule has 0 radical (unpaired) electrons. The third-order valence-corrected chi connectivity index (χ3v) is 4.04. The molecule has 1 unspecified atom stereocenters. The second-order valence-electron chi connectivity index (χ2n) is 4.69. The van der Waals surface area contributed by atoms with Gasteiger partial charge < -0.3 is 0 Å². The lowest BCUT2D eigenvalue weighted by Crippen LogP contribution is -2.28. The van der Waals surface area contributed by atoms with Crippen molar-refractivity contribution in [3.8, 4) is 0 Å². The molecule has 1 atom stereocenters. The molecule has 0 amide bonds. The topological polar surface area (TPSA) is 38.0 Å². The summed E-state index contributed by atoms with van der Waals surface area (Å²) in [5.74, 6) is 3.81. The minimum atomic E-state index is -0.858. The summed E-state index contributed by atoms with van der Waals surface area (Å²) in [5.41, 5.74) is 3.34. The van der Waals surface area contributed by atoms with Crippen LogP contribution in [-0.4, -0.2) is 0 Å². The van der Waals surface area contributed by atoms with Gasteiger partial charge in [-0.25, -0.2) is 8.78 Å². The van der Waals surface area contributed by atoms with Gasteiger partial charge in [-0.3, -0.25) is 11.3 Å². The summed E-state index contributed by atoms with van der Waals surface area (Å²) in [4.78, 5) is 0. The number of nitrogens with two attached hydrogens (primary N) is 1. The van der Waals surface area contributed by atoms with Crippen molar-refractivity contribution in [1.82, 2.24) is 5.43 Å². The fourth-order valence-corrected chi connectivity index (χ4v) is 2.69. The highest BCUT2D eigenvalue weighted by Gasteiger charge is 2.17. The Labute approximate surface area is 121 Å². The monoisotopic (exact) mass is 334 g/mol. The van der Waals surface area contributed by atoms with Gasteiger partial charge in [0.15, 0.2) is 11.6 Å². The van der Waals surface area contributed by atoms with E-state index >= 15 is 0 Å². The first-order valence-electron chi connectivity index (χ1n) is 6.71. The predicted molar refractivity (Wildman–Crippen MR) is 77.5 cm³/mol. The minimum Gasteiger partial charge on any atom is -0.271 e. The second kappa shape index (κ2) is 8.61. The summed E-state index contributed by atoms with van der Waals surface area (Å²) < 4.78 is 26.7. The summed E-state index contributed by atoms with van der Waals surface area (Å²) >= 11 is 3.10. The highest BCUT2D eigenvalue weighted by molar-refractivity contribution is 9.10. The Morgan fingerprint density at radius 1 is 1.21 bits per heavy atom. The van der Waals surface area contributed by atoms with Crippen molar-refractivity contribution in [2.45, 2.75) is 51.5 Å².